The number of esters is 1. The molecule has 8 aromatic heterocycles. The molecule has 592 valence electrons. The van der Waals surface area contributed by atoms with Crippen molar-refractivity contribution < 1.29 is 73.4 Å². The Kier molecular flexibility index (Phi) is 22.4. The fraction of sp³-hybridized carbons (Fsp3) is 0.0120. The standard InChI is InChI=1S/C16H11N3O3.C15H9N3O3.C15H9N3O2S.C14H11N3O2.C9H5NO5.C8H7NO4.C6H8N2/c1-22-15(20)9-6-7-10-12(8-9)18-16(21)19-13-5-3-2-4-11(13)17-14(10)19;2*19-14(20)8-5-6-9-11(7-8)17-15(21)18-12-4-2-1-3-10(12)16-13(9)18;15-10-7-8(14(18)19)5-6-9(10)13-16-11-3-1-2-4-12(11)17-13;11-7(12)4-1-2-5-6(3-4)10-9(14)15-8(5)13;9-6-3-4(7(10)11)1-2-5(6)8(12)13;7-5-3-1-2-4-6(5)8/h2-8H,1H3,(H,18,21);2*1-7H,(H,17,21)(H,19,20);1-7H,15H2,(H,16,17)(H,18,19);1-3H,(H,10,14)(H,11,12);1-3H,9H2,(H,10,11)(H,12,13);1-4H,7-8H2. The summed E-state index contributed by atoms with van der Waals surface area (Å²) in [7, 11) is 1.32. The zero-order valence-electron chi connectivity index (χ0n) is 61.3. The first-order valence-electron chi connectivity index (χ1n) is 34.8. The van der Waals surface area contributed by atoms with E-state index in [-0.39, 0.29) is 61.4 Å². The first kappa shape index (κ1) is 79.6. The van der Waals surface area contributed by atoms with Crippen LogP contribution in [0.1, 0.15) is 72.5 Å². The number of nitrogens with zero attached hydrogens (tertiary/aromatic N) is 7. The Morgan fingerprint density at radius 1 is 0.361 bits per heavy atom. The summed E-state index contributed by atoms with van der Waals surface area (Å²) in [6, 6.07) is 63.8. The van der Waals surface area contributed by atoms with Gasteiger partial charge >= 0.3 is 64.5 Å². The largest absolute Gasteiger partial charge is 0.478 e. The van der Waals surface area contributed by atoms with Crippen LogP contribution in [0.4, 0.5) is 22.7 Å². The second-order valence-corrected chi connectivity index (χ2v) is 26.0. The molecule has 0 fully saturated rings. The van der Waals surface area contributed by atoms with Crippen molar-refractivity contribution in [1.82, 2.24) is 58.1 Å². The Balaban J connectivity index is 0.000000122. The molecule has 11 aromatic carbocycles. The summed E-state index contributed by atoms with van der Waals surface area (Å²) in [6.07, 6.45) is 0. The van der Waals surface area contributed by atoms with Gasteiger partial charge in [-0.15, -0.1) is 0 Å². The normalized spacial score (nSPS) is 10.8. The second kappa shape index (κ2) is 33.5. The van der Waals surface area contributed by atoms with Crippen molar-refractivity contribution in [2.24, 2.45) is 0 Å². The minimum atomic E-state index is -1.17. The molecular weight excluding hydrogens is 1560 g/mol. The van der Waals surface area contributed by atoms with Crippen LogP contribution >= 0.6 is 12.2 Å². The topological polar surface area (TPSA) is 579 Å². The molecule has 0 aliphatic rings. The van der Waals surface area contributed by atoms with E-state index in [1.807, 2.05) is 114 Å². The fourth-order valence-corrected chi connectivity index (χ4v) is 12.7. The van der Waals surface area contributed by atoms with E-state index in [0.29, 0.717) is 72.0 Å². The number of hydrogen-bond acceptors (Lipinski definition) is 22. The van der Waals surface area contributed by atoms with Crippen molar-refractivity contribution in [2.75, 3.05) is 30.0 Å². The predicted octanol–water partition coefficient (Wildman–Crippen LogP) is 11.7. The number of nitrogens with one attached hydrogen (secondary N) is 5. The van der Waals surface area contributed by atoms with Crippen LogP contribution in [0.2, 0.25) is 0 Å². The lowest BCUT2D eigenvalue weighted by Gasteiger charge is -2.03. The molecular formula is C83H60N16O19S. The van der Waals surface area contributed by atoms with Crippen molar-refractivity contribution in [3.8, 4) is 11.4 Å². The SMILES string of the molecule is COC(=O)c1ccc2c(c1)[nH]c(=O)n1c3ccccc3nc21.Nc1cc(C(=O)O)ccc1-c1nc2ccccc2[nH]1.Nc1cc(C(=O)O)ccc1C(=O)O.Nc1ccccc1N.O=C(O)c1ccc2c(=O)oc(=O)[nH]c2c1.O=C(O)c1ccc2c(c1)[nH]c(=O)n1c3ccccc3nc21.O=C(O)c1ccc2c(c1)[nH]c(=S)n1c3ccccc3nc21. The number of carboxylic acids is 6. The summed E-state index contributed by atoms with van der Waals surface area (Å²) < 4.78 is 14.4. The third-order valence-electron chi connectivity index (χ3n) is 18.1. The molecule has 0 aliphatic heterocycles. The lowest BCUT2D eigenvalue weighted by molar-refractivity contribution is 0.0597. The fourth-order valence-electron chi connectivity index (χ4n) is 12.4. The summed E-state index contributed by atoms with van der Waals surface area (Å²) in [4.78, 5) is 155. The number of fused-ring (bicyclic) bond motifs is 17. The van der Waals surface area contributed by atoms with E-state index in [9.17, 15) is 52.7 Å². The highest BCUT2D eigenvalue weighted by atomic mass is 32.1. The highest BCUT2D eigenvalue weighted by Gasteiger charge is 2.19. The maximum atomic E-state index is 12.4. The number of nitrogen functional groups attached to an aromatic ring is 4. The second-order valence-electron chi connectivity index (χ2n) is 25.6. The predicted molar refractivity (Wildman–Crippen MR) is 445 cm³/mol. The Morgan fingerprint density at radius 3 is 1.17 bits per heavy atom. The van der Waals surface area contributed by atoms with E-state index in [4.69, 9.17) is 70.5 Å². The van der Waals surface area contributed by atoms with Gasteiger partial charge in [-0.1, -0.05) is 60.7 Å². The molecule has 0 saturated carbocycles. The average molecular weight is 1620 g/mol. The van der Waals surface area contributed by atoms with E-state index < -0.39 is 53.2 Å². The number of hydrogen-bond donors (Lipinski definition) is 15. The Morgan fingerprint density at radius 2 is 0.731 bits per heavy atom. The Bertz CT molecular complexity index is 7480. The number of anilines is 4. The molecule has 0 amide bonds. The zero-order chi connectivity index (χ0) is 84.8. The Labute approximate surface area is 667 Å². The Hall–Kier alpha value is -17.4. The number of methoxy groups -OCH3 is 1. The number of ether oxygens (including phenoxy) is 1. The number of H-pyrrole nitrogens is 5. The summed E-state index contributed by atoms with van der Waals surface area (Å²) >= 11 is 5.39. The minimum Gasteiger partial charge on any atom is -0.478 e. The third-order valence-corrected chi connectivity index (χ3v) is 18.4. The zero-order valence-corrected chi connectivity index (χ0v) is 62.1. The van der Waals surface area contributed by atoms with Gasteiger partial charge in [-0.3, -0.25) is 9.38 Å². The highest BCUT2D eigenvalue weighted by molar-refractivity contribution is 7.71. The van der Waals surface area contributed by atoms with Gasteiger partial charge in [0.05, 0.1) is 129 Å². The van der Waals surface area contributed by atoms with Crippen LogP contribution < -0.4 is 45.7 Å². The molecule has 8 heterocycles. The van der Waals surface area contributed by atoms with E-state index in [2.05, 4.69) is 49.3 Å². The van der Waals surface area contributed by atoms with Gasteiger partial charge < -0.3 is 82.7 Å². The van der Waals surface area contributed by atoms with Crippen LogP contribution in [0.3, 0.4) is 0 Å². The summed E-state index contributed by atoms with van der Waals surface area (Å²) in [5.74, 6) is -7.16. The summed E-state index contributed by atoms with van der Waals surface area (Å²) in [5, 5.41) is 55.3. The number of carboxylic acid groups (broad SMARTS) is 6. The van der Waals surface area contributed by atoms with Crippen LogP contribution in [0.5, 0.6) is 0 Å². The number of aromatic amines is 5. The van der Waals surface area contributed by atoms with Gasteiger partial charge in [-0.25, -0.2) is 81.5 Å². The maximum absolute atomic E-state index is 12.4. The number of imidazole rings is 4. The number of carbonyl (C=O) groups excluding carboxylic acids is 1. The van der Waals surface area contributed by atoms with E-state index in [1.54, 1.807) is 60.7 Å². The van der Waals surface area contributed by atoms with E-state index >= 15 is 0 Å². The maximum Gasteiger partial charge on any atom is 0.419 e. The lowest BCUT2D eigenvalue weighted by Crippen LogP contribution is -2.16. The molecule has 119 heavy (non-hydrogen) atoms. The van der Waals surface area contributed by atoms with Gasteiger partial charge in [0.15, 0.2) is 16.1 Å². The van der Waals surface area contributed by atoms with Gasteiger partial charge in [0.2, 0.25) is 0 Å². The number of aromatic carboxylic acids is 6. The van der Waals surface area contributed by atoms with Crippen molar-refractivity contribution >= 4 is 181 Å². The highest BCUT2D eigenvalue weighted by Crippen LogP contribution is 2.30. The van der Waals surface area contributed by atoms with Gasteiger partial charge in [-0.05, 0) is 182 Å². The number of rotatable bonds is 8. The molecule has 19 N–H and O–H groups in total. The first-order valence-corrected chi connectivity index (χ1v) is 35.2. The molecule has 19 aromatic rings. The van der Waals surface area contributed by atoms with E-state index in [0.717, 1.165) is 66.6 Å². The summed E-state index contributed by atoms with van der Waals surface area (Å²) in [6.45, 7) is 0. The molecule has 35 nitrogen and oxygen atoms in total. The van der Waals surface area contributed by atoms with Crippen LogP contribution in [0, 0.1) is 4.77 Å². The monoisotopic (exact) mass is 1620 g/mol. The van der Waals surface area contributed by atoms with Crippen molar-refractivity contribution in [3.63, 3.8) is 0 Å². The quantitative estimate of drug-likeness (QED) is 0.0382. The average Bonchev–Trinajstić information content (AvgIpc) is 1.62. The number of carbonyl (C=O) groups is 7. The lowest BCUT2D eigenvalue weighted by atomic mass is 10.1. The van der Waals surface area contributed by atoms with Gasteiger partial charge in [0, 0.05) is 33.1 Å². The molecule has 0 unspecified atom stereocenters. The number of benzene rings is 11. The van der Waals surface area contributed by atoms with Gasteiger partial charge in [0.1, 0.15) is 11.5 Å². The molecule has 0 atom stereocenters. The number of aromatic nitrogens is 12. The van der Waals surface area contributed by atoms with Crippen LogP contribution in [0.15, 0.2) is 254 Å². The van der Waals surface area contributed by atoms with Crippen LogP contribution in [0.25, 0.3) is 116 Å². The first-order chi connectivity index (χ1) is 57.0. The van der Waals surface area contributed by atoms with Gasteiger partial charge in [-0.2, -0.15) is 0 Å². The molecule has 19 rings (SSSR count). The summed E-state index contributed by atoms with van der Waals surface area (Å²) in [5.41, 5.74) is 33.8. The molecule has 36 heteroatoms. The molecule has 0 saturated heterocycles. The number of nitrogens with two attached hydrogens (primary N) is 4. The van der Waals surface area contributed by atoms with Gasteiger partial charge in [0.25, 0.3) is 0 Å². The molecule has 0 aliphatic carbocycles. The molecule has 0 bridgehead atoms. The number of para-hydroxylation sites is 10. The van der Waals surface area contributed by atoms with Crippen LogP contribution in [-0.2, 0) is 4.74 Å². The minimum absolute atomic E-state index is 0.0104. The smallest absolute Gasteiger partial charge is 0.419 e. The van der Waals surface area contributed by atoms with E-state index in [1.165, 1.54) is 70.5 Å². The van der Waals surface area contributed by atoms with Crippen molar-refractivity contribution in [2.45, 2.75) is 0 Å². The van der Waals surface area contributed by atoms with Crippen molar-refractivity contribution in [1.29, 1.82) is 0 Å². The molecule has 0 radical (unpaired) electrons. The molecule has 0 spiro atoms. The van der Waals surface area contributed by atoms with Crippen molar-refractivity contribution in [3.05, 3.63) is 316 Å². The van der Waals surface area contributed by atoms with Crippen LogP contribution in [-0.4, -0.2) is 138 Å². The third kappa shape index (κ3) is 16.7.